The second-order valence-electron chi connectivity index (χ2n) is 7.49. The van der Waals surface area contributed by atoms with Gasteiger partial charge < -0.3 is 10.2 Å². The normalized spacial score (nSPS) is 13.1. The molecule has 1 aliphatic rings. The van der Waals surface area contributed by atoms with Gasteiger partial charge in [-0.25, -0.2) is 4.68 Å². The number of hydrogen-bond acceptors (Lipinski definition) is 3. The molecule has 0 bridgehead atoms. The Morgan fingerprint density at radius 2 is 1.77 bits per heavy atom. The number of benzene rings is 2. The van der Waals surface area contributed by atoms with Crippen LogP contribution in [0.25, 0.3) is 5.69 Å². The van der Waals surface area contributed by atoms with E-state index in [1.165, 1.54) is 0 Å². The molecule has 1 aromatic heterocycles. The quantitative estimate of drug-likeness (QED) is 0.633. The van der Waals surface area contributed by atoms with Crippen LogP contribution in [0.3, 0.4) is 0 Å². The van der Waals surface area contributed by atoms with Gasteiger partial charge in [0.25, 0.3) is 11.8 Å². The minimum atomic E-state index is -0.245. The van der Waals surface area contributed by atoms with E-state index in [2.05, 4.69) is 5.32 Å². The molecule has 0 atom stereocenters. The van der Waals surface area contributed by atoms with Gasteiger partial charge in [-0.1, -0.05) is 24.3 Å². The molecule has 0 radical (unpaired) electrons. The lowest BCUT2D eigenvalue weighted by Gasteiger charge is -2.19. The molecule has 3 aromatic rings. The number of anilines is 1. The van der Waals surface area contributed by atoms with Crippen LogP contribution in [0, 0.1) is 0 Å². The predicted octanol–water partition coefficient (Wildman–Crippen LogP) is 4.48. The molecule has 0 unspecified atom stereocenters. The molecule has 1 fully saturated rings. The molecule has 1 N–H and O–H groups in total. The van der Waals surface area contributed by atoms with E-state index in [-0.39, 0.29) is 11.8 Å². The predicted molar refractivity (Wildman–Crippen MR) is 117 cm³/mol. The smallest absolute Gasteiger partial charge is 0.274 e. The van der Waals surface area contributed by atoms with Crippen molar-refractivity contribution in [1.29, 1.82) is 0 Å². The SMILES string of the molecule is CCN(CC)C(=O)c1cccc(NC(=O)c2cc(C3CC3)nn2-c2ccccc2)c1. The molecule has 0 aliphatic heterocycles. The highest BCUT2D eigenvalue weighted by Gasteiger charge is 2.29. The number of carbonyl (C=O) groups excluding carboxylic acids is 2. The van der Waals surface area contributed by atoms with E-state index in [1.54, 1.807) is 33.8 Å². The summed E-state index contributed by atoms with van der Waals surface area (Å²) in [5.41, 5.74) is 3.44. The first kappa shape index (κ1) is 19.9. The Balaban J connectivity index is 1.60. The molecule has 30 heavy (non-hydrogen) atoms. The van der Waals surface area contributed by atoms with Crippen molar-refractivity contribution in [1.82, 2.24) is 14.7 Å². The molecular formula is C24H26N4O2. The van der Waals surface area contributed by atoms with Crippen molar-refractivity contribution in [2.24, 2.45) is 0 Å². The van der Waals surface area contributed by atoms with Crippen LogP contribution in [-0.4, -0.2) is 39.6 Å². The Morgan fingerprint density at radius 1 is 1.03 bits per heavy atom. The first-order chi connectivity index (χ1) is 14.6. The zero-order valence-electron chi connectivity index (χ0n) is 17.3. The van der Waals surface area contributed by atoms with E-state index >= 15 is 0 Å². The summed E-state index contributed by atoms with van der Waals surface area (Å²) in [6.07, 6.45) is 2.23. The average Bonchev–Trinajstić information content (AvgIpc) is 3.53. The van der Waals surface area contributed by atoms with E-state index < -0.39 is 0 Å². The van der Waals surface area contributed by atoms with Crippen LogP contribution in [0.1, 0.15) is 59.1 Å². The van der Waals surface area contributed by atoms with Crippen molar-refractivity contribution < 1.29 is 9.59 Å². The molecule has 4 rings (SSSR count). The number of hydrogen-bond donors (Lipinski definition) is 1. The van der Waals surface area contributed by atoms with Crippen molar-refractivity contribution >= 4 is 17.5 Å². The molecule has 6 nitrogen and oxygen atoms in total. The third-order valence-corrected chi connectivity index (χ3v) is 5.38. The molecule has 1 saturated carbocycles. The third-order valence-electron chi connectivity index (χ3n) is 5.38. The van der Waals surface area contributed by atoms with E-state index in [0.717, 1.165) is 24.2 Å². The van der Waals surface area contributed by atoms with Crippen LogP contribution in [0.2, 0.25) is 0 Å². The number of aromatic nitrogens is 2. The maximum atomic E-state index is 13.1. The number of amides is 2. The molecule has 154 valence electrons. The van der Waals surface area contributed by atoms with Crippen molar-refractivity contribution in [2.45, 2.75) is 32.6 Å². The summed E-state index contributed by atoms with van der Waals surface area (Å²) in [5, 5.41) is 7.63. The van der Waals surface area contributed by atoms with Gasteiger partial charge in [-0.15, -0.1) is 0 Å². The van der Waals surface area contributed by atoms with Crippen LogP contribution in [0.4, 0.5) is 5.69 Å². The summed E-state index contributed by atoms with van der Waals surface area (Å²) in [4.78, 5) is 27.5. The summed E-state index contributed by atoms with van der Waals surface area (Å²) in [7, 11) is 0. The van der Waals surface area contributed by atoms with Gasteiger partial charge in [0.15, 0.2) is 0 Å². The van der Waals surface area contributed by atoms with E-state index in [9.17, 15) is 9.59 Å². The minimum Gasteiger partial charge on any atom is -0.339 e. The standard InChI is InChI=1S/C24H26N4O2/c1-3-27(4-2)24(30)18-9-8-10-19(15-18)25-23(29)22-16-21(17-13-14-17)26-28(22)20-11-6-5-7-12-20/h5-12,15-17H,3-4,13-14H2,1-2H3,(H,25,29). The second kappa shape index (κ2) is 8.53. The van der Waals surface area contributed by atoms with E-state index in [1.807, 2.05) is 50.2 Å². The van der Waals surface area contributed by atoms with Crippen LogP contribution in [0.5, 0.6) is 0 Å². The average molecular weight is 402 g/mol. The van der Waals surface area contributed by atoms with Crippen molar-refractivity contribution in [3.63, 3.8) is 0 Å². The Bertz CT molecular complexity index is 1050. The fourth-order valence-electron chi connectivity index (χ4n) is 3.52. The maximum absolute atomic E-state index is 13.1. The lowest BCUT2D eigenvalue weighted by atomic mass is 10.1. The Kier molecular flexibility index (Phi) is 5.65. The highest BCUT2D eigenvalue weighted by molar-refractivity contribution is 6.04. The Morgan fingerprint density at radius 3 is 2.43 bits per heavy atom. The van der Waals surface area contributed by atoms with Gasteiger partial charge in [-0.05, 0) is 63.1 Å². The molecule has 6 heteroatoms. The largest absolute Gasteiger partial charge is 0.339 e. The molecule has 0 saturated heterocycles. The van der Waals surface area contributed by atoms with Gasteiger partial charge in [-0.3, -0.25) is 9.59 Å². The molecule has 0 spiro atoms. The third kappa shape index (κ3) is 4.13. The van der Waals surface area contributed by atoms with Crippen LogP contribution in [-0.2, 0) is 0 Å². The summed E-state index contributed by atoms with van der Waals surface area (Å²) in [6, 6.07) is 18.6. The number of rotatable bonds is 7. The van der Waals surface area contributed by atoms with Gasteiger partial charge in [0.05, 0.1) is 11.4 Å². The van der Waals surface area contributed by atoms with Crippen molar-refractivity contribution in [2.75, 3.05) is 18.4 Å². The Labute approximate surface area is 176 Å². The summed E-state index contributed by atoms with van der Waals surface area (Å²) in [6.45, 7) is 5.20. The minimum absolute atomic E-state index is 0.0403. The molecular weight excluding hydrogens is 376 g/mol. The number of para-hydroxylation sites is 1. The van der Waals surface area contributed by atoms with Gasteiger partial charge in [0.1, 0.15) is 5.69 Å². The summed E-state index contributed by atoms with van der Waals surface area (Å²) in [5.74, 6) is 0.156. The van der Waals surface area contributed by atoms with E-state index in [0.29, 0.717) is 36.0 Å². The number of carbonyl (C=O) groups is 2. The van der Waals surface area contributed by atoms with Crippen LogP contribution < -0.4 is 5.32 Å². The zero-order chi connectivity index (χ0) is 21.1. The zero-order valence-corrected chi connectivity index (χ0v) is 17.3. The second-order valence-corrected chi connectivity index (χ2v) is 7.49. The lowest BCUT2D eigenvalue weighted by Crippen LogP contribution is -2.30. The van der Waals surface area contributed by atoms with E-state index in [4.69, 9.17) is 5.10 Å². The maximum Gasteiger partial charge on any atom is 0.274 e. The topological polar surface area (TPSA) is 67.2 Å². The molecule has 2 amide bonds. The van der Waals surface area contributed by atoms with Crippen LogP contribution in [0.15, 0.2) is 60.7 Å². The molecule has 2 aromatic carbocycles. The highest BCUT2D eigenvalue weighted by Crippen LogP contribution is 2.39. The monoisotopic (exact) mass is 402 g/mol. The lowest BCUT2D eigenvalue weighted by molar-refractivity contribution is 0.0772. The first-order valence-corrected chi connectivity index (χ1v) is 10.5. The summed E-state index contributed by atoms with van der Waals surface area (Å²) < 4.78 is 1.70. The fourth-order valence-corrected chi connectivity index (χ4v) is 3.52. The fraction of sp³-hybridized carbons (Fsp3) is 0.292. The van der Waals surface area contributed by atoms with Crippen molar-refractivity contribution in [3.05, 3.63) is 77.6 Å². The Hall–Kier alpha value is -3.41. The van der Waals surface area contributed by atoms with Crippen LogP contribution >= 0.6 is 0 Å². The molecule has 1 heterocycles. The number of nitrogens with one attached hydrogen (secondary N) is 1. The number of nitrogens with zero attached hydrogens (tertiary/aromatic N) is 3. The summed E-state index contributed by atoms with van der Waals surface area (Å²) >= 11 is 0. The molecule has 1 aliphatic carbocycles. The highest BCUT2D eigenvalue weighted by atomic mass is 16.2. The first-order valence-electron chi connectivity index (χ1n) is 10.5. The van der Waals surface area contributed by atoms with Gasteiger partial charge in [-0.2, -0.15) is 5.10 Å². The van der Waals surface area contributed by atoms with Gasteiger partial charge in [0, 0.05) is 30.3 Å². The van der Waals surface area contributed by atoms with Gasteiger partial charge >= 0.3 is 0 Å². The van der Waals surface area contributed by atoms with Crippen molar-refractivity contribution in [3.8, 4) is 5.69 Å². The van der Waals surface area contributed by atoms with Gasteiger partial charge in [0.2, 0.25) is 0 Å².